The maximum Gasteiger partial charge on any atom is 0.404 e. The van der Waals surface area contributed by atoms with Gasteiger partial charge < -0.3 is 20.6 Å². The first kappa shape index (κ1) is 22.1. The summed E-state index contributed by atoms with van der Waals surface area (Å²) in [5.74, 6) is -0.313. The molecule has 1 aromatic heterocycles. The van der Waals surface area contributed by atoms with Gasteiger partial charge in [0.1, 0.15) is 6.04 Å². The molecule has 2 aliphatic rings. The summed E-state index contributed by atoms with van der Waals surface area (Å²) in [4.78, 5) is 43.7. The van der Waals surface area contributed by atoms with Gasteiger partial charge in [0.25, 0.3) is 5.91 Å². The molecular weight excluding hydrogens is 432 g/mol. The molecule has 0 spiro atoms. The molecule has 3 amide bonds. The van der Waals surface area contributed by atoms with Crippen molar-refractivity contribution in [2.24, 2.45) is 5.92 Å². The molecule has 8 nitrogen and oxygen atoms in total. The number of hydrogen-bond donors (Lipinski definition) is 3. The molecule has 9 heteroatoms. The van der Waals surface area contributed by atoms with E-state index in [1.807, 2.05) is 12.1 Å². The van der Waals surface area contributed by atoms with Gasteiger partial charge in [-0.05, 0) is 61.9 Å². The summed E-state index contributed by atoms with van der Waals surface area (Å²) < 4.78 is 0. The van der Waals surface area contributed by atoms with Crippen molar-refractivity contribution in [2.45, 2.75) is 44.2 Å². The fourth-order valence-corrected chi connectivity index (χ4v) is 4.70. The Morgan fingerprint density at radius 1 is 1.19 bits per heavy atom. The highest BCUT2D eigenvalue weighted by atomic mass is 35.5. The van der Waals surface area contributed by atoms with Crippen molar-refractivity contribution in [3.05, 3.63) is 58.9 Å². The molecule has 3 N–H and O–H groups in total. The predicted octanol–water partition coefficient (Wildman–Crippen LogP) is 3.57. The van der Waals surface area contributed by atoms with Crippen LogP contribution in [0, 0.1) is 5.92 Å². The first-order valence-corrected chi connectivity index (χ1v) is 11.1. The Morgan fingerprint density at radius 3 is 2.66 bits per heavy atom. The van der Waals surface area contributed by atoms with Crippen LogP contribution in [0.25, 0.3) is 0 Å². The van der Waals surface area contributed by atoms with E-state index in [0.717, 1.165) is 18.5 Å². The van der Waals surface area contributed by atoms with E-state index in [1.165, 1.54) is 0 Å². The summed E-state index contributed by atoms with van der Waals surface area (Å²) in [7, 11) is 0. The number of anilines is 1. The number of carbonyl (C=O) groups excluding carboxylic acids is 2. The van der Waals surface area contributed by atoms with E-state index in [1.54, 1.807) is 35.4 Å². The summed E-state index contributed by atoms with van der Waals surface area (Å²) in [6.45, 7) is 0.422. The SMILES string of the molecule is O=C(O)NC1CCC(CN2C(=O)c3ccc(Cl)cc3NC(=O)[C@H]2Cc2ccccn2)CC1. The zero-order chi connectivity index (χ0) is 22.7. The van der Waals surface area contributed by atoms with Crippen LogP contribution in [-0.4, -0.2) is 51.5 Å². The molecule has 1 saturated carbocycles. The zero-order valence-electron chi connectivity index (χ0n) is 17.5. The van der Waals surface area contributed by atoms with Crippen LogP contribution in [0.4, 0.5) is 10.5 Å². The Hall–Kier alpha value is -3.13. The molecule has 2 heterocycles. The monoisotopic (exact) mass is 456 g/mol. The van der Waals surface area contributed by atoms with Crippen molar-refractivity contribution in [2.75, 3.05) is 11.9 Å². The van der Waals surface area contributed by atoms with Crippen LogP contribution in [0.5, 0.6) is 0 Å². The van der Waals surface area contributed by atoms with E-state index in [0.29, 0.717) is 42.1 Å². The number of pyridine rings is 1. The van der Waals surface area contributed by atoms with Crippen molar-refractivity contribution >= 4 is 35.2 Å². The molecule has 0 radical (unpaired) electrons. The molecule has 0 saturated heterocycles. The second-order valence-corrected chi connectivity index (χ2v) is 8.78. The summed E-state index contributed by atoms with van der Waals surface area (Å²) >= 11 is 6.10. The first-order chi connectivity index (χ1) is 15.4. The number of amides is 3. The number of benzene rings is 1. The topological polar surface area (TPSA) is 112 Å². The minimum Gasteiger partial charge on any atom is -0.465 e. The van der Waals surface area contributed by atoms with Crippen molar-refractivity contribution < 1.29 is 19.5 Å². The Labute approximate surface area is 191 Å². The van der Waals surface area contributed by atoms with Crippen LogP contribution >= 0.6 is 11.6 Å². The minimum absolute atomic E-state index is 0.0703. The van der Waals surface area contributed by atoms with Gasteiger partial charge in [-0.3, -0.25) is 14.6 Å². The number of fused-ring (bicyclic) bond motifs is 1. The lowest BCUT2D eigenvalue weighted by Gasteiger charge is -2.35. The van der Waals surface area contributed by atoms with Crippen molar-refractivity contribution in [1.82, 2.24) is 15.2 Å². The van der Waals surface area contributed by atoms with E-state index in [4.69, 9.17) is 16.7 Å². The summed E-state index contributed by atoms with van der Waals surface area (Å²) in [5, 5.41) is 14.8. The molecule has 4 rings (SSSR count). The van der Waals surface area contributed by atoms with Gasteiger partial charge in [-0.15, -0.1) is 0 Å². The van der Waals surface area contributed by atoms with Gasteiger partial charge in [0.2, 0.25) is 5.91 Å². The maximum absolute atomic E-state index is 13.6. The van der Waals surface area contributed by atoms with Gasteiger partial charge in [-0.1, -0.05) is 17.7 Å². The summed E-state index contributed by atoms with van der Waals surface area (Å²) in [6, 6.07) is 9.60. The molecule has 168 valence electrons. The van der Waals surface area contributed by atoms with Crippen LogP contribution < -0.4 is 10.6 Å². The van der Waals surface area contributed by atoms with Crippen molar-refractivity contribution in [3.8, 4) is 0 Å². The van der Waals surface area contributed by atoms with Gasteiger partial charge >= 0.3 is 6.09 Å². The van der Waals surface area contributed by atoms with Crippen LogP contribution in [0.15, 0.2) is 42.6 Å². The van der Waals surface area contributed by atoms with E-state index in [2.05, 4.69) is 15.6 Å². The Bertz CT molecular complexity index is 1010. The normalized spacial score (nSPS) is 23.2. The third-order valence-corrected chi connectivity index (χ3v) is 6.40. The smallest absolute Gasteiger partial charge is 0.404 e. The molecule has 1 atom stereocenters. The Balaban J connectivity index is 1.58. The molecule has 0 bridgehead atoms. The van der Waals surface area contributed by atoms with Gasteiger partial charge in [-0.2, -0.15) is 0 Å². The van der Waals surface area contributed by atoms with E-state index >= 15 is 0 Å². The Morgan fingerprint density at radius 2 is 1.97 bits per heavy atom. The van der Waals surface area contributed by atoms with Gasteiger partial charge in [0.05, 0.1) is 11.3 Å². The molecule has 1 aromatic carbocycles. The molecular formula is C23H25ClN4O4. The van der Waals surface area contributed by atoms with Crippen LogP contribution in [0.1, 0.15) is 41.7 Å². The second kappa shape index (κ2) is 9.56. The summed E-state index contributed by atoms with van der Waals surface area (Å²) in [6.07, 6.45) is 3.93. The van der Waals surface area contributed by atoms with Crippen molar-refractivity contribution in [1.29, 1.82) is 0 Å². The van der Waals surface area contributed by atoms with Gasteiger partial charge in [0.15, 0.2) is 0 Å². The number of carbonyl (C=O) groups is 3. The lowest BCUT2D eigenvalue weighted by Crippen LogP contribution is -2.49. The van der Waals surface area contributed by atoms with E-state index in [9.17, 15) is 14.4 Å². The molecule has 1 aliphatic heterocycles. The maximum atomic E-state index is 13.6. The minimum atomic E-state index is -1.02. The second-order valence-electron chi connectivity index (χ2n) is 8.34. The third-order valence-electron chi connectivity index (χ3n) is 6.17. The lowest BCUT2D eigenvalue weighted by molar-refractivity contribution is -0.120. The van der Waals surface area contributed by atoms with Gasteiger partial charge in [0, 0.05) is 35.9 Å². The molecule has 0 unspecified atom stereocenters. The predicted molar refractivity (Wildman–Crippen MR) is 120 cm³/mol. The number of nitrogens with zero attached hydrogens (tertiary/aromatic N) is 2. The quantitative estimate of drug-likeness (QED) is 0.636. The van der Waals surface area contributed by atoms with E-state index < -0.39 is 12.1 Å². The lowest BCUT2D eigenvalue weighted by atomic mass is 9.85. The highest BCUT2D eigenvalue weighted by molar-refractivity contribution is 6.31. The average molecular weight is 457 g/mol. The zero-order valence-corrected chi connectivity index (χ0v) is 18.2. The number of halogens is 1. The van der Waals surface area contributed by atoms with E-state index in [-0.39, 0.29) is 23.8 Å². The first-order valence-electron chi connectivity index (χ1n) is 10.7. The fraction of sp³-hybridized carbons (Fsp3) is 0.391. The van der Waals surface area contributed by atoms with Crippen LogP contribution in [0.3, 0.4) is 0 Å². The number of aromatic nitrogens is 1. The average Bonchev–Trinajstić information content (AvgIpc) is 2.85. The number of carboxylic acid groups (broad SMARTS) is 1. The Kier molecular flexibility index (Phi) is 6.60. The third kappa shape index (κ3) is 5.02. The standard InChI is InChI=1S/C23H25ClN4O4/c24-15-6-9-18-19(11-15)27-21(29)20(12-17-3-1-2-10-25-17)28(22(18)30)13-14-4-7-16(8-5-14)26-23(31)32/h1-3,6,9-11,14,16,20,26H,4-5,7-8,12-13H2,(H,27,29)(H,31,32)/t14?,16?,20-/m1/s1. The summed E-state index contributed by atoms with van der Waals surface area (Å²) in [5.41, 5.74) is 1.55. The van der Waals surface area contributed by atoms with Crippen molar-refractivity contribution in [3.63, 3.8) is 0 Å². The number of nitrogens with one attached hydrogen (secondary N) is 2. The number of rotatable bonds is 5. The highest BCUT2D eigenvalue weighted by Gasteiger charge is 2.37. The largest absolute Gasteiger partial charge is 0.465 e. The molecule has 1 aliphatic carbocycles. The highest BCUT2D eigenvalue weighted by Crippen LogP contribution is 2.31. The molecule has 2 aromatic rings. The molecule has 32 heavy (non-hydrogen) atoms. The number of hydrogen-bond acceptors (Lipinski definition) is 4. The van der Waals surface area contributed by atoms with Crippen LogP contribution in [0.2, 0.25) is 5.02 Å². The molecule has 1 fully saturated rings. The fourth-order valence-electron chi connectivity index (χ4n) is 4.53. The van der Waals surface area contributed by atoms with Gasteiger partial charge in [-0.25, -0.2) is 4.79 Å². The van der Waals surface area contributed by atoms with Crippen LogP contribution in [-0.2, 0) is 11.2 Å².